The van der Waals surface area contributed by atoms with Crippen LogP contribution in [0.25, 0.3) is 0 Å². The molecule has 0 saturated carbocycles. The van der Waals surface area contributed by atoms with Crippen LogP contribution in [0.1, 0.15) is 63.9 Å². The Bertz CT molecular complexity index is 702. The highest BCUT2D eigenvalue weighted by Gasteiger charge is 2.01. The second-order valence-corrected chi connectivity index (χ2v) is 6.92. The number of rotatable bonds is 15. The van der Waals surface area contributed by atoms with Crippen molar-refractivity contribution in [1.82, 2.24) is 5.32 Å². The van der Waals surface area contributed by atoms with Gasteiger partial charge >= 0.3 is 0 Å². The highest BCUT2D eigenvalue weighted by Crippen LogP contribution is 2.08. The summed E-state index contributed by atoms with van der Waals surface area (Å²) in [5.41, 5.74) is 1.11. The molecule has 0 heterocycles. The summed E-state index contributed by atoms with van der Waals surface area (Å²) in [5.74, 6) is 0.294. The molecule has 0 bridgehead atoms. The predicted molar refractivity (Wildman–Crippen MR) is 118 cm³/mol. The van der Waals surface area contributed by atoms with Gasteiger partial charge in [-0.25, -0.2) is 0 Å². The maximum absolute atomic E-state index is 11.8. The Kier molecular flexibility index (Phi) is 13.6. The average molecular weight is 396 g/mol. The molecule has 0 aliphatic rings. The first-order valence-corrected chi connectivity index (χ1v) is 10.5. The van der Waals surface area contributed by atoms with Crippen LogP contribution in [0.2, 0.25) is 0 Å². The van der Waals surface area contributed by atoms with Crippen LogP contribution in [0.5, 0.6) is 0 Å². The Morgan fingerprint density at radius 2 is 1.34 bits per heavy atom. The number of hydrogen-bond donors (Lipinski definition) is 1. The predicted octanol–water partition coefficient (Wildman–Crippen LogP) is 5.25. The molecule has 1 amide bonds. The van der Waals surface area contributed by atoms with Crippen molar-refractivity contribution in [2.24, 2.45) is 0 Å². The molecular formula is C25H33NO3. The first-order chi connectivity index (χ1) is 14.1. The molecule has 0 saturated heterocycles. The van der Waals surface area contributed by atoms with E-state index in [2.05, 4.69) is 5.32 Å². The summed E-state index contributed by atoms with van der Waals surface area (Å²) in [6, 6.07) is 9.89. The fourth-order valence-electron chi connectivity index (χ4n) is 2.66. The van der Waals surface area contributed by atoms with Gasteiger partial charge in [-0.15, -0.1) is 0 Å². The normalized spacial score (nSPS) is 11.5. The van der Waals surface area contributed by atoms with Gasteiger partial charge in [-0.2, -0.15) is 0 Å². The van der Waals surface area contributed by atoms with Gasteiger partial charge in [-0.1, -0.05) is 80.8 Å². The maximum atomic E-state index is 11.8. The van der Waals surface area contributed by atoms with E-state index in [-0.39, 0.29) is 17.5 Å². The van der Waals surface area contributed by atoms with Gasteiger partial charge in [0.1, 0.15) is 0 Å². The van der Waals surface area contributed by atoms with Crippen LogP contribution in [0.4, 0.5) is 0 Å². The quantitative estimate of drug-likeness (QED) is 0.251. The van der Waals surface area contributed by atoms with E-state index in [0.29, 0.717) is 25.8 Å². The molecule has 0 aliphatic carbocycles. The SMILES string of the molecule is CCC(=O)C=CC=CC=CC(=O)CCCCCCCC(=O)NCc1ccccc1. The van der Waals surface area contributed by atoms with Crippen molar-refractivity contribution in [3.05, 3.63) is 72.4 Å². The molecule has 4 heteroatoms. The topological polar surface area (TPSA) is 63.2 Å². The number of carbonyl (C=O) groups is 3. The van der Waals surface area contributed by atoms with Gasteiger partial charge in [-0.3, -0.25) is 14.4 Å². The van der Waals surface area contributed by atoms with E-state index in [0.717, 1.165) is 37.7 Å². The van der Waals surface area contributed by atoms with E-state index in [4.69, 9.17) is 0 Å². The van der Waals surface area contributed by atoms with Crippen LogP contribution < -0.4 is 5.32 Å². The van der Waals surface area contributed by atoms with Crippen molar-refractivity contribution >= 4 is 17.5 Å². The Hall–Kier alpha value is -2.75. The molecule has 0 spiro atoms. The van der Waals surface area contributed by atoms with E-state index in [1.165, 1.54) is 6.08 Å². The smallest absolute Gasteiger partial charge is 0.220 e. The second kappa shape index (κ2) is 16.2. The van der Waals surface area contributed by atoms with Crippen molar-refractivity contribution in [2.75, 3.05) is 0 Å². The number of carbonyl (C=O) groups excluding carboxylic acids is 3. The zero-order valence-electron chi connectivity index (χ0n) is 17.4. The van der Waals surface area contributed by atoms with Gasteiger partial charge in [-0.05, 0) is 30.6 Å². The van der Waals surface area contributed by atoms with Crippen molar-refractivity contribution < 1.29 is 14.4 Å². The maximum Gasteiger partial charge on any atom is 0.220 e. The third-order valence-electron chi connectivity index (χ3n) is 4.41. The standard InChI is InChI=1S/C25H33NO3/c1-2-23(27)17-11-6-7-13-19-24(28)18-12-4-3-5-14-20-25(29)26-21-22-15-9-8-10-16-22/h6-11,13,15-17,19H,2-5,12,14,18,20-21H2,1H3,(H,26,29). The van der Waals surface area contributed by atoms with E-state index in [9.17, 15) is 14.4 Å². The van der Waals surface area contributed by atoms with Crippen molar-refractivity contribution in [2.45, 2.75) is 64.8 Å². The van der Waals surface area contributed by atoms with Crippen LogP contribution in [0.3, 0.4) is 0 Å². The zero-order valence-corrected chi connectivity index (χ0v) is 17.4. The largest absolute Gasteiger partial charge is 0.352 e. The fraction of sp³-hybridized carbons (Fsp3) is 0.400. The van der Waals surface area contributed by atoms with Crippen molar-refractivity contribution in [3.8, 4) is 0 Å². The monoisotopic (exact) mass is 395 g/mol. The minimum Gasteiger partial charge on any atom is -0.352 e. The van der Waals surface area contributed by atoms with Crippen LogP contribution in [-0.4, -0.2) is 17.5 Å². The Labute approximate surface area is 174 Å². The number of nitrogens with one attached hydrogen (secondary N) is 1. The lowest BCUT2D eigenvalue weighted by Gasteiger charge is -2.05. The lowest BCUT2D eigenvalue weighted by Crippen LogP contribution is -2.22. The second-order valence-electron chi connectivity index (χ2n) is 6.92. The van der Waals surface area contributed by atoms with Crippen LogP contribution >= 0.6 is 0 Å². The zero-order chi connectivity index (χ0) is 21.2. The molecule has 0 atom stereocenters. The third kappa shape index (κ3) is 14.0. The van der Waals surface area contributed by atoms with E-state index >= 15 is 0 Å². The number of hydrogen-bond acceptors (Lipinski definition) is 3. The molecule has 0 unspecified atom stereocenters. The van der Waals surface area contributed by atoms with Gasteiger partial charge in [0.2, 0.25) is 5.91 Å². The molecule has 4 nitrogen and oxygen atoms in total. The third-order valence-corrected chi connectivity index (χ3v) is 4.41. The molecule has 0 radical (unpaired) electrons. The highest BCUT2D eigenvalue weighted by atomic mass is 16.1. The van der Waals surface area contributed by atoms with Crippen molar-refractivity contribution in [1.29, 1.82) is 0 Å². The summed E-state index contributed by atoms with van der Waals surface area (Å²) < 4.78 is 0. The minimum absolute atomic E-state index is 0.0857. The number of ketones is 2. The first-order valence-electron chi connectivity index (χ1n) is 10.5. The molecule has 1 N–H and O–H groups in total. The molecule has 156 valence electrons. The number of unbranched alkanes of at least 4 members (excludes halogenated alkanes) is 4. The number of benzene rings is 1. The number of allylic oxidation sites excluding steroid dienone is 6. The molecule has 0 aliphatic heterocycles. The van der Waals surface area contributed by atoms with Crippen LogP contribution in [0.15, 0.2) is 66.8 Å². The summed E-state index contributed by atoms with van der Waals surface area (Å²) in [7, 11) is 0. The summed E-state index contributed by atoms with van der Waals surface area (Å²) in [6.45, 7) is 2.40. The van der Waals surface area contributed by atoms with Gasteiger partial charge < -0.3 is 5.32 Å². The molecule has 0 fully saturated rings. The molecular weight excluding hydrogens is 362 g/mol. The van der Waals surface area contributed by atoms with E-state index in [1.807, 2.05) is 37.3 Å². The lowest BCUT2D eigenvalue weighted by atomic mass is 10.1. The molecule has 29 heavy (non-hydrogen) atoms. The minimum atomic E-state index is 0.0857. The van der Waals surface area contributed by atoms with Gasteiger partial charge in [0.15, 0.2) is 11.6 Å². The molecule has 1 rings (SSSR count). The Morgan fingerprint density at radius 1 is 0.759 bits per heavy atom. The lowest BCUT2D eigenvalue weighted by molar-refractivity contribution is -0.121. The highest BCUT2D eigenvalue weighted by molar-refractivity contribution is 5.90. The first kappa shape index (κ1) is 24.3. The van der Waals surface area contributed by atoms with Crippen LogP contribution in [-0.2, 0) is 20.9 Å². The van der Waals surface area contributed by atoms with Gasteiger partial charge in [0, 0.05) is 25.8 Å². The molecule has 1 aromatic rings. The van der Waals surface area contributed by atoms with E-state index < -0.39 is 0 Å². The van der Waals surface area contributed by atoms with Crippen LogP contribution in [0, 0.1) is 0 Å². The Balaban J connectivity index is 1.99. The average Bonchev–Trinajstić information content (AvgIpc) is 2.74. The Morgan fingerprint density at radius 3 is 2.00 bits per heavy atom. The van der Waals surface area contributed by atoms with Gasteiger partial charge in [0.05, 0.1) is 0 Å². The van der Waals surface area contributed by atoms with E-state index in [1.54, 1.807) is 30.4 Å². The fourth-order valence-corrected chi connectivity index (χ4v) is 2.66. The summed E-state index contributed by atoms with van der Waals surface area (Å²) in [4.78, 5) is 34.6. The number of amides is 1. The van der Waals surface area contributed by atoms with Gasteiger partial charge in [0.25, 0.3) is 0 Å². The summed E-state index contributed by atoms with van der Waals surface area (Å²) >= 11 is 0. The van der Waals surface area contributed by atoms with Crippen molar-refractivity contribution in [3.63, 3.8) is 0 Å². The summed E-state index contributed by atoms with van der Waals surface area (Å²) in [6.07, 6.45) is 16.4. The summed E-state index contributed by atoms with van der Waals surface area (Å²) in [5, 5.41) is 2.94. The molecule has 0 aromatic heterocycles. The molecule has 1 aromatic carbocycles.